The lowest BCUT2D eigenvalue weighted by Gasteiger charge is -2.12. The van der Waals surface area contributed by atoms with E-state index in [0.717, 1.165) is 5.56 Å². The second kappa shape index (κ2) is 8.14. The summed E-state index contributed by atoms with van der Waals surface area (Å²) in [6, 6.07) is 8.54. The number of benzene rings is 1. The number of ether oxygens (including phenoxy) is 1. The van der Waals surface area contributed by atoms with Crippen LogP contribution in [-0.4, -0.2) is 48.4 Å². The van der Waals surface area contributed by atoms with E-state index in [1.54, 1.807) is 47.4 Å². The zero-order chi connectivity index (χ0) is 19.3. The van der Waals surface area contributed by atoms with Gasteiger partial charge in [-0.25, -0.2) is 27.8 Å². The molecule has 2 aromatic heterocycles. The first-order valence-corrected chi connectivity index (χ1v) is 9.68. The molecule has 0 spiro atoms. The van der Waals surface area contributed by atoms with Crippen LogP contribution in [0.15, 0.2) is 53.9 Å². The number of rotatable bonds is 8. The van der Waals surface area contributed by atoms with Gasteiger partial charge in [0.2, 0.25) is 10.0 Å². The van der Waals surface area contributed by atoms with Crippen molar-refractivity contribution in [1.29, 1.82) is 0 Å². The highest BCUT2D eigenvalue weighted by Gasteiger charge is 2.19. The molecule has 1 aromatic carbocycles. The number of hydrogen-bond donors (Lipinski definition) is 2. The van der Waals surface area contributed by atoms with Crippen molar-refractivity contribution >= 4 is 15.8 Å². The number of hydrogen-bond acceptors (Lipinski definition) is 7. The van der Waals surface area contributed by atoms with Crippen LogP contribution in [-0.2, 0) is 10.0 Å². The third-order valence-corrected chi connectivity index (χ3v) is 5.21. The Balaban J connectivity index is 1.60. The summed E-state index contributed by atoms with van der Waals surface area (Å²) in [4.78, 5) is 8.38. The standard InChI is InChI=1S/C17H20N6O3S/c1-13-4-5-14(26-2)15(10-13)27(24,25)22-8-7-18-16-11-17(20-12-19-16)23-9-3-6-21-23/h3-6,9-12,22H,7-8H2,1-2H3,(H,18,19,20). The molecule has 0 amide bonds. The van der Waals surface area contributed by atoms with E-state index >= 15 is 0 Å². The first kappa shape index (κ1) is 18.8. The van der Waals surface area contributed by atoms with E-state index < -0.39 is 10.0 Å². The summed E-state index contributed by atoms with van der Waals surface area (Å²) in [7, 11) is -2.24. The lowest BCUT2D eigenvalue weighted by Crippen LogP contribution is -2.29. The van der Waals surface area contributed by atoms with Gasteiger partial charge in [-0.2, -0.15) is 5.10 Å². The van der Waals surface area contributed by atoms with E-state index in [-0.39, 0.29) is 11.4 Å². The molecule has 0 aliphatic rings. The second-order valence-electron chi connectivity index (χ2n) is 5.69. The van der Waals surface area contributed by atoms with Crippen LogP contribution in [0, 0.1) is 6.92 Å². The molecule has 142 valence electrons. The van der Waals surface area contributed by atoms with Gasteiger partial charge in [-0.05, 0) is 30.7 Å². The van der Waals surface area contributed by atoms with Crippen LogP contribution in [0.3, 0.4) is 0 Å². The minimum Gasteiger partial charge on any atom is -0.495 e. The molecule has 2 heterocycles. The molecule has 0 bridgehead atoms. The fourth-order valence-corrected chi connectivity index (χ4v) is 3.70. The van der Waals surface area contributed by atoms with E-state index in [4.69, 9.17) is 4.74 Å². The van der Waals surface area contributed by atoms with Crippen molar-refractivity contribution in [3.8, 4) is 11.6 Å². The number of anilines is 1. The SMILES string of the molecule is COc1ccc(C)cc1S(=O)(=O)NCCNc1cc(-n2cccn2)ncn1. The van der Waals surface area contributed by atoms with E-state index in [9.17, 15) is 8.42 Å². The molecule has 0 aliphatic heterocycles. The molecule has 27 heavy (non-hydrogen) atoms. The summed E-state index contributed by atoms with van der Waals surface area (Å²) in [5.74, 6) is 1.49. The predicted octanol–water partition coefficient (Wildman–Crippen LogP) is 1.37. The molecule has 0 saturated heterocycles. The molecule has 0 unspecified atom stereocenters. The van der Waals surface area contributed by atoms with Crippen molar-refractivity contribution < 1.29 is 13.2 Å². The normalized spacial score (nSPS) is 11.3. The van der Waals surface area contributed by atoms with Crippen LogP contribution in [0.2, 0.25) is 0 Å². The van der Waals surface area contributed by atoms with Crippen molar-refractivity contribution in [2.75, 3.05) is 25.5 Å². The topological polar surface area (TPSA) is 111 Å². The van der Waals surface area contributed by atoms with E-state index in [2.05, 4.69) is 25.1 Å². The maximum atomic E-state index is 12.5. The van der Waals surface area contributed by atoms with E-state index in [1.807, 2.05) is 6.92 Å². The average molecular weight is 388 g/mol. The van der Waals surface area contributed by atoms with E-state index in [1.165, 1.54) is 13.4 Å². The quantitative estimate of drug-likeness (QED) is 0.561. The largest absolute Gasteiger partial charge is 0.495 e. The Kier molecular flexibility index (Phi) is 5.67. The average Bonchev–Trinajstić information content (AvgIpc) is 3.20. The molecular weight excluding hydrogens is 368 g/mol. The minimum atomic E-state index is -3.69. The van der Waals surface area contributed by atoms with Gasteiger partial charge in [0.15, 0.2) is 5.82 Å². The smallest absolute Gasteiger partial charge is 0.244 e. The van der Waals surface area contributed by atoms with Crippen LogP contribution >= 0.6 is 0 Å². The molecule has 0 radical (unpaired) electrons. The maximum Gasteiger partial charge on any atom is 0.244 e. The number of nitrogens with one attached hydrogen (secondary N) is 2. The van der Waals surface area contributed by atoms with Gasteiger partial charge in [-0.3, -0.25) is 0 Å². The summed E-state index contributed by atoms with van der Waals surface area (Å²) >= 11 is 0. The number of aromatic nitrogens is 4. The molecule has 0 saturated carbocycles. The summed E-state index contributed by atoms with van der Waals surface area (Å²) in [5, 5.41) is 7.17. The number of sulfonamides is 1. The van der Waals surface area contributed by atoms with Gasteiger partial charge >= 0.3 is 0 Å². The monoisotopic (exact) mass is 388 g/mol. The Morgan fingerprint density at radius 1 is 1.19 bits per heavy atom. The summed E-state index contributed by atoms with van der Waals surface area (Å²) in [5.41, 5.74) is 0.835. The summed E-state index contributed by atoms with van der Waals surface area (Å²) in [6.07, 6.45) is 4.85. The zero-order valence-corrected chi connectivity index (χ0v) is 15.8. The van der Waals surface area contributed by atoms with Gasteiger partial charge in [0.05, 0.1) is 7.11 Å². The number of methoxy groups -OCH3 is 1. The number of aryl methyl sites for hydroxylation is 1. The number of nitrogens with zero attached hydrogens (tertiary/aromatic N) is 4. The highest BCUT2D eigenvalue weighted by Crippen LogP contribution is 2.24. The van der Waals surface area contributed by atoms with Crippen LogP contribution < -0.4 is 14.8 Å². The van der Waals surface area contributed by atoms with Crippen molar-refractivity contribution in [2.24, 2.45) is 0 Å². The lowest BCUT2D eigenvalue weighted by molar-refractivity contribution is 0.402. The van der Waals surface area contributed by atoms with Crippen molar-refractivity contribution in [3.63, 3.8) is 0 Å². The van der Waals surface area contributed by atoms with Crippen LogP contribution in [0.1, 0.15) is 5.56 Å². The molecule has 3 rings (SSSR count). The molecule has 2 N–H and O–H groups in total. The van der Waals surface area contributed by atoms with Crippen molar-refractivity contribution in [2.45, 2.75) is 11.8 Å². The van der Waals surface area contributed by atoms with Crippen molar-refractivity contribution in [3.05, 3.63) is 54.6 Å². The molecule has 9 nitrogen and oxygen atoms in total. The molecule has 3 aromatic rings. The molecular formula is C17H20N6O3S. The Morgan fingerprint density at radius 3 is 2.78 bits per heavy atom. The molecule has 10 heteroatoms. The first-order chi connectivity index (χ1) is 13.0. The minimum absolute atomic E-state index is 0.119. The highest BCUT2D eigenvalue weighted by atomic mass is 32.2. The molecule has 0 fully saturated rings. The maximum absolute atomic E-state index is 12.5. The predicted molar refractivity (Wildman–Crippen MR) is 101 cm³/mol. The van der Waals surface area contributed by atoms with Gasteiger partial charge in [-0.15, -0.1) is 0 Å². The van der Waals surface area contributed by atoms with E-state index in [0.29, 0.717) is 23.9 Å². The van der Waals surface area contributed by atoms with Crippen LogP contribution in [0.4, 0.5) is 5.82 Å². The fraction of sp³-hybridized carbons (Fsp3) is 0.235. The van der Waals surface area contributed by atoms with Gasteiger partial charge in [0.25, 0.3) is 0 Å². The van der Waals surface area contributed by atoms with Gasteiger partial charge in [-0.1, -0.05) is 6.07 Å². The fourth-order valence-electron chi connectivity index (χ4n) is 2.42. The molecule has 0 atom stereocenters. The molecule has 0 aliphatic carbocycles. The highest BCUT2D eigenvalue weighted by molar-refractivity contribution is 7.89. The van der Waals surface area contributed by atoms with Gasteiger partial charge < -0.3 is 10.1 Å². The Labute approximate surface area is 157 Å². The second-order valence-corrected chi connectivity index (χ2v) is 7.43. The lowest BCUT2D eigenvalue weighted by atomic mass is 10.2. The third-order valence-electron chi connectivity index (χ3n) is 3.72. The summed E-state index contributed by atoms with van der Waals surface area (Å²) in [6.45, 7) is 2.36. The van der Waals surface area contributed by atoms with Crippen molar-refractivity contribution in [1.82, 2.24) is 24.5 Å². The Bertz CT molecular complexity index is 1010. The first-order valence-electron chi connectivity index (χ1n) is 8.20. The van der Waals surface area contributed by atoms with Gasteiger partial charge in [0, 0.05) is 31.5 Å². The van der Waals surface area contributed by atoms with Gasteiger partial charge in [0.1, 0.15) is 22.8 Å². The van der Waals surface area contributed by atoms with Crippen LogP contribution in [0.25, 0.3) is 5.82 Å². The zero-order valence-electron chi connectivity index (χ0n) is 15.0. The summed E-state index contributed by atoms with van der Waals surface area (Å²) < 4.78 is 34.4. The van der Waals surface area contributed by atoms with Crippen LogP contribution in [0.5, 0.6) is 5.75 Å². The Hall–Kier alpha value is -2.98. The third kappa shape index (κ3) is 4.60. The Morgan fingerprint density at radius 2 is 2.04 bits per heavy atom.